The van der Waals surface area contributed by atoms with Gasteiger partial charge in [0.2, 0.25) is 5.91 Å². The molecule has 1 aromatic heterocycles. The number of para-hydroxylation sites is 3. The molecule has 2 aromatic carbocycles. The number of benzene rings is 2. The lowest BCUT2D eigenvalue weighted by molar-refractivity contribution is -0.120. The number of aryl methyl sites for hydroxylation is 1. The SMILES string of the molecule is O=C(C1CC1)N1c2ccccc2CCC1c1nc2ccccc2[nH]1. The van der Waals surface area contributed by atoms with Crippen LogP contribution in [-0.2, 0) is 11.2 Å². The number of amides is 1. The fraction of sp³-hybridized carbons (Fsp3) is 0.300. The molecule has 24 heavy (non-hydrogen) atoms. The van der Waals surface area contributed by atoms with Crippen LogP contribution < -0.4 is 4.90 Å². The largest absolute Gasteiger partial charge is 0.340 e. The third kappa shape index (κ3) is 2.13. The lowest BCUT2D eigenvalue weighted by atomic mass is 9.94. The molecular formula is C20H19N3O. The van der Waals surface area contributed by atoms with Gasteiger partial charge in [0, 0.05) is 11.6 Å². The van der Waals surface area contributed by atoms with E-state index in [0.717, 1.165) is 48.2 Å². The quantitative estimate of drug-likeness (QED) is 0.777. The second kappa shape index (κ2) is 5.20. The zero-order valence-corrected chi connectivity index (χ0v) is 13.4. The normalized spacial score (nSPS) is 20.2. The van der Waals surface area contributed by atoms with Gasteiger partial charge in [0.25, 0.3) is 0 Å². The van der Waals surface area contributed by atoms with Gasteiger partial charge in [0.05, 0.1) is 17.1 Å². The summed E-state index contributed by atoms with van der Waals surface area (Å²) in [6, 6.07) is 16.3. The number of imidazole rings is 1. The lowest BCUT2D eigenvalue weighted by Crippen LogP contribution is -2.39. The highest BCUT2D eigenvalue weighted by Gasteiger charge is 2.40. The number of hydrogen-bond donors (Lipinski definition) is 1. The number of hydrogen-bond acceptors (Lipinski definition) is 2. The van der Waals surface area contributed by atoms with Crippen LogP contribution in [0.15, 0.2) is 48.5 Å². The topological polar surface area (TPSA) is 49.0 Å². The Morgan fingerprint density at radius 1 is 1.04 bits per heavy atom. The van der Waals surface area contributed by atoms with E-state index >= 15 is 0 Å². The smallest absolute Gasteiger partial charge is 0.230 e. The van der Waals surface area contributed by atoms with E-state index < -0.39 is 0 Å². The number of nitrogens with zero attached hydrogens (tertiary/aromatic N) is 2. The van der Waals surface area contributed by atoms with Crippen LogP contribution in [0.3, 0.4) is 0 Å². The van der Waals surface area contributed by atoms with Gasteiger partial charge in [-0.2, -0.15) is 0 Å². The molecule has 4 nitrogen and oxygen atoms in total. The number of fused-ring (bicyclic) bond motifs is 2. The maximum Gasteiger partial charge on any atom is 0.230 e. The van der Waals surface area contributed by atoms with E-state index in [1.54, 1.807) is 0 Å². The molecule has 1 aliphatic heterocycles. The molecule has 0 spiro atoms. The van der Waals surface area contributed by atoms with Gasteiger partial charge < -0.3 is 9.88 Å². The first kappa shape index (κ1) is 13.8. The number of aromatic nitrogens is 2. The van der Waals surface area contributed by atoms with Gasteiger partial charge in [0.15, 0.2) is 0 Å². The summed E-state index contributed by atoms with van der Waals surface area (Å²) in [7, 11) is 0. The van der Waals surface area contributed by atoms with Crippen LogP contribution in [0.1, 0.15) is 36.7 Å². The summed E-state index contributed by atoms with van der Waals surface area (Å²) in [5, 5.41) is 0. The standard InChI is InChI=1S/C20H19N3O/c24-20(14-9-10-14)23-17-8-4-1-5-13(17)11-12-18(23)19-21-15-6-2-3-7-16(15)22-19/h1-8,14,18H,9-12H2,(H,21,22). The van der Waals surface area contributed by atoms with E-state index in [4.69, 9.17) is 4.98 Å². The highest BCUT2D eigenvalue weighted by Crippen LogP contribution is 2.42. The Morgan fingerprint density at radius 3 is 2.67 bits per heavy atom. The predicted molar refractivity (Wildman–Crippen MR) is 93.8 cm³/mol. The maximum absolute atomic E-state index is 13.0. The number of carbonyl (C=O) groups excluding carboxylic acids is 1. The number of carbonyl (C=O) groups is 1. The molecule has 2 aliphatic rings. The van der Waals surface area contributed by atoms with Crippen LogP contribution in [0.2, 0.25) is 0 Å². The highest BCUT2D eigenvalue weighted by atomic mass is 16.2. The molecule has 2 heterocycles. The van der Waals surface area contributed by atoms with Crippen LogP contribution in [0.5, 0.6) is 0 Å². The Morgan fingerprint density at radius 2 is 1.83 bits per heavy atom. The van der Waals surface area contributed by atoms with E-state index in [0.29, 0.717) is 0 Å². The van der Waals surface area contributed by atoms with Gasteiger partial charge >= 0.3 is 0 Å². The average molecular weight is 317 g/mol. The van der Waals surface area contributed by atoms with Gasteiger partial charge in [0.1, 0.15) is 5.82 Å². The van der Waals surface area contributed by atoms with Crippen molar-refractivity contribution in [2.75, 3.05) is 4.90 Å². The summed E-state index contributed by atoms with van der Waals surface area (Å²) in [4.78, 5) is 23.2. The van der Waals surface area contributed by atoms with Gasteiger partial charge in [-0.1, -0.05) is 30.3 Å². The fourth-order valence-electron chi connectivity index (χ4n) is 3.74. The Labute approximate surface area is 140 Å². The van der Waals surface area contributed by atoms with Crippen LogP contribution in [0.25, 0.3) is 11.0 Å². The molecule has 0 saturated heterocycles. The minimum atomic E-state index is 0.000370. The second-order valence-corrected chi connectivity index (χ2v) is 6.80. The van der Waals surface area contributed by atoms with E-state index in [-0.39, 0.29) is 17.9 Å². The molecule has 1 aliphatic carbocycles. The van der Waals surface area contributed by atoms with Crippen molar-refractivity contribution in [2.24, 2.45) is 5.92 Å². The molecule has 1 fully saturated rings. The van der Waals surface area contributed by atoms with Crippen LogP contribution in [0, 0.1) is 5.92 Å². The minimum Gasteiger partial charge on any atom is -0.340 e. The summed E-state index contributed by atoms with van der Waals surface area (Å²) in [5.41, 5.74) is 4.32. The Balaban J connectivity index is 1.62. The zero-order chi connectivity index (χ0) is 16.1. The van der Waals surface area contributed by atoms with E-state index in [1.165, 1.54) is 5.56 Å². The van der Waals surface area contributed by atoms with Crippen molar-refractivity contribution in [3.8, 4) is 0 Å². The van der Waals surface area contributed by atoms with E-state index in [9.17, 15) is 4.79 Å². The zero-order valence-electron chi connectivity index (χ0n) is 13.4. The van der Waals surface area contributed by atoms with Crippen molar-refractivity contribution in [3.05, 3.63) is 59.9 Å². The fourth-order valence-corrected chi connectivity index (χ4v) is 3.74. The third-order valence-electron chi connectivity index (χ3n) is 5.14. The van der Waals surface area contributed by atoms with Crippen LogP contribution in [-0.4, -0.2) is 15.9 Å². The molecule has 3 aromatic rings. The summed E-state index contributed by atoms with van der Waals surface area (Å²) < 4.78 is 0. The highest BCUT2D eigenvalue weighted by molar-refractivity contribution is 5.98. The molecule has 1 atom stereocenters. The van der Waals surface area contributed by atoms with Crippen molar-refractivity contribution < 1.29 is 4.79 Å². The molecule has 1 saturated carbocycles. The van der Waals surface area contributed by atoms with Crippen LogP contribution >= 0.6 is 0 Å². The number of aromatic amines is 1. The van der Waals surface area contributed by atoms with Crippen molar-refractivity contribution in [1.82, 2.24) is 9.97 Å². The summed E-state index contributed by atoms with van der Waals surface area (Å²) in [6.07, 6.45) is 3.93. The molecule has 1 N–H and O–H groups in total. The second-order valence-electron chi connectivity index (χ2n) is 6.80. The molecule has 120 valence electrons. The third-order valence-corrected chi connectivity index (χ3v) is 5.14. The van der Waals surface area contributed by atoms with Gasteiger partial charge in [-0.25, -0.2) is 4.98 Å². The summed E-state index contributed by atoms with van der Waals surface area (Å²) >= 11 is 0. The Hall–Kier alpha value is -2.62. The van der Waals surface area contributed by atoms with Crippen molar-refractivity contribution in [3.63, 3.8) is 0 Å². The number of rotatable bonds is 2. The van der Waals surface area contributed by atoms with Gasteiger partial charge in [-0.3, -0.25) is 4.79 Å². The first-order valence-corrected chi connectivity index (χ1v) is 8.67. The minimum absolute atomic E-state index is 0.000370. The first-order chi connectivity index (χ1) is 11.8. The number of H-pyrrole nitrogens is 1. The van der Waals surface area contributed by atoms with Crippen molar-refractivity contribution >= 4 is 22.6 Å². The van der Waals surface area contributed by atoms with E-state index in [1.807, 2.05) is 35.2 Å². The molecular weight excluding hydrogens is 298 g/mol. The first-order valence-electron chi connectivity index (χ1n) is 8.67. The molecule has 5 rings (SSSR count). The number of nitrogens with one attached hydrogen (secondary N) is 1. The molecule has 0 radical (unpaired) electrons. The molecule has 0 bridgehead atoms. The molecule has 4 heteroatoms. The number of anilines is 1. The molecule has 1 amide bonds. The Bertz CT molecular complexity index is 892. The average Bonchev–Trinajstić information content (AvgIpc) is 3.38. The van der Waals surface area contributed by atoms with Crippen molar-refractivity contribution in [2.45, 2.75) is 31.7 Å². The van der Waals surface area contributed by atoms with Crippen LogP contribution in [0.4, 0.5) is 5.69 Å². The lowest BCUT2D eigenvalue weighted by Gasteiger charge is -2.36. The van der Waals surface area contributed by atoms with Crippen molar-refractivity contribution in [1.29, 1.82) is 0 Å². The molecule has 1 unspecified atom stereocenters. The summed E-state index contributed by atoms with van der Waals surface area (Å²) in [5.74, 6) is 1.36. The monoisotopic (exact) mass is 317 g/mol. The van der Waals surface area contributed by atoms with E-state index in [2.05, 4.69) is 23.2 Å². The maximum atomic E-state index is 13.0. The van der Waals surface area contributed by atoms with Gasteiger partial charge in [-0.15, -0.1) is 0 Å². The summed E-state index contributed by atoms with van der Waals surface area (Å²) in [6.45, 7) is 0. The van der Waals surface area contributed by atoms with Gasteiger partial charge in [-0.05, 0) is 49.4 Å². The Kier molecular flexibility index (Phi) is 2.98. The predicted octanol–water partition coefficient (Wildman–Crippen LogP) is 3.99.